The lowest BCUT2D eigenvalue weighted by atomic mass is 9.88. The molecule has 0 bridgehead atoms. The molecule has 0 radical (unpaired) electrons. The summed E-state index contributed by atoms with van der Waals surface area (Å²) in [5.74, 6) is -0.524. The number of nitrogens with zero attached hydrogens (tertiary/aromatic N) is 2. The first-order chi connectivity index (χ1) is 6.03. The molecule has 2 atom stereocenters. The van der Waals surface area contributed by atoms with Crippen LogP contribution in [0, 0.1) is 5.92 Å². The highest BCUT2D eigenvalue weighted by Gasteiger charge is 2.44. The summed E-state index contributed by atoms with van der Waals surface area (Å²) < 4.78 is 0. The summed E-state index contributed by atoms with van der Waals surface area (Å²) in [5.41, 5.74) is -0.916. The van der Waals surface area contributed by atoms with Gasteiger partial charge in [-0.05, 0) is 13.8 Å². The Morgan fingerprint density at radius 1 is 1.54 bits per heavy atom. The van der Waals surface area contributed by atoms with Crippen LogP contribution in [0.5, 0.6) is 0 Å². The Kier molecular flexibility index (Phi) is 1.49. The molecule has 13 heavy (non-hydrogen) atoms. The maximum atomic E-state index is 10.9. The number of aliphatic carboxylic acids is 1. The van der Waals surface area contributed by atoms with Crippen LogP contribution in [0.2, 0.25) is 0 Å². The molecule has 2 rings (SSSR count). The van der Waals surface area contributed by atoms with Crippen LogP contribution >= 0.6 is 0 Å². The summed E-state index contributed by atoms with van der Waals surface area (Å²) in [7, 11) is 0. The van der Waals surface area contributed by atoms with Gasteiger partial charge in [-0.1, -0.05) is 12.2 Å². The Labute approximate surface area is 76.5 Å². The fraction of sp³-hybridized carbons (Fsp3) is 0.556. The van der Waals surface area contributed by atoms with Crippen molar-refractivity contribution in [2.45, 2.75) is 25.4 Å². The summed E-state index contributed by atoms with van der Waals surface area (Å²) >= 11 is 0. The Balaban J connectivity index is 2.22. The predicted octanol–water partition coefficient (Wildman–Crippen LogP) is 0.706. The average molecular weight is 180 g/mol. The first-order valence-corrected chi connectivity index (χ1v) is 4.28. The second-order valence-corrected chi connectivity index (χ2v) is 3.93. The molecule has 4 heteroatoms. The molecule has 0 aromatic carbocycles. The molecule has 2 unspecified atom stereocenters. The first-order valence-electron chi connectivity index (χ1n) is 4.28. The first kappa shape index (κ1) is 8.29. The molecule has 2 aliphatic rings. The molecule has 0 amide bonds. The third kappa shape index (κ3) is 0.978. The van der Waals surface area contributed by atoms with E-state index >= 15 is 0 Å². The minimum atomic E-state index is -0.916. The minimum Gasteiger partial charge on any atom is -0.479 e. The summed E-state index contributed by atoms with van der Waals surface area (Å²) in [5, 5.41) is 14.8. The molecule has 0 aromatic rings. The molecule has 4 nitrogen and oxygen atoms in total. The van der Waals surface area contributed by atoms with Crippen LogP contribution in [0.1, 0.15) is 13.8 Å². The summed E-state index contributed by atoms with van der Waals surface area (Å²) in [6, 6.07) is 0.158. The fourth-order valence-electron chi connectivity index (χ4n) is 1.56. The molecule has 0 saturated carbocycles. The number of hydrazone groups is 1. The number of hydrogen-bond acceptors (Lipinski definition) is 3. The smallest absolute Gasteiger partial charge is 0.330 e. The lowest BCUT2D eigenvalue weighted by molar-refractivity contribution is -0.150. The van der Waals surface area contributed by atoms with Gasteiger partial charge < -0.3 is 5.11 Å². The zero-order chi connectivity index (χ0) is 9.64. The SMILES string of the molecule is CC(C)(C(=O)O)N1N=CC2C=CC21. The number of hydrogen-bond donors (Lipinski definition) is 1. The van der Waals surface area contributed by atoms with E-state index in [0.29, 0.717) is 5.92 Å². The molecule has 1 heterocycles. The van der Waals surface area contributed by atoms with Crippen LogP contribution in [0.15, 0.2) is 17.3 Å². The van der Waals surface area contributed by atoms with Crippen LogP contribution < -0.4 is 0 Å². The van der Waals surface area contributed by atoms with Gasteiger partial charge in [0.25, 0.3) is 0 Å². The highest BCUT2D eigenvalue weighted by molar-refractivity contribution is 5.79. The molecule has 1 aliphatic heterocycles. The largest absolute Gasteiger partial charge is 0.479 e. The maximum Gasteiger partial charge on any atom is 0.330 e. The summed E-state index contributed by atoms with van der Waals surface area (Å²) in [6.07, 6.45) is 5.82. The van der Waals surface area contributed by atoms with E-state index in [4.69, 9.17) is 5.11 Å². The average Bonchev–Trinajstić information content (AvgIpc) is 2.26. The van der Waals surface area contributed by atoms with E-state index < -0.39 is 11.5 Å². The van der Waals surface area contributed by atoms with Crippen molar-refractivity contribution in [2.24, 2.45) is 11.0 Å². The Morgan fingerprint density at radius 3 is 2.62 bits per heavy atom. The van der Waals surface area contributed by atoms with E-state index in [2.05, 4.69) is 5.10 Å². The van der Waals surface area contributed by atoms with Crippen LogP contribution in [0.3, 0.4) is 0 Å². The van der Waals surface area contributed by atoms with Crippen molar-refractivity contribution in [3.05, 3.63) is 12.2 Å². The third-order valence-corrected chi connectivity index (χ3v) is 2.67. The maximum absolute atomic E-state index is 10.9. The lowest BCUT2D eigenvalue weighted by Gasteiger charge is -2.37. The molecule has 0 fully saturated rings. The van der Waals surface area contributed by atoms with Crippen molar-refractivity contribution >= 4 is 12.2 Å². The van der Waals surface area contributed by atoms with Gasteiger partial charge in [0.05, 0.1) is 6.04 Å². The van der Waals surface area contributed by atoms with E-state index in [1.54, 1.807) is 25.1 Å². The second-order valence-electron chi connectivity index (χ2n) is 3.93. The van der Waals surface area contributed by atoms with Crippen molar-refractivity contribution in [1.82, 2.24) is 5.01 Å². The molecular formula is C9H12N2O2. The van der Waals surface area contributed by atoms with E-state index in [1.807, 2.05) is 12.2 Å². The van der Waals surface area contributed by atoms with Crippen LogP contribution in [0.4, 0.5) is 0 Å². The van der Waals surface area contributed by atoms with Crippen molar-refractivity contribution in [3.63, 3.8) is 0 Å². The quantitative estimate of drug-likeness (QED) is 0.636. The van der Waals surface area contributed by atoms with Gasteiger partial charge in [0.1, 0.15) is 5.54 Å². The van der Waals surface area contributed by atoms with E-state index in [0.717, 1.165) is 0 Å². The van der Waals surface area contributed by atoms with E-state index in [-0.39, 0.29) is 6.04 Å². The van der Waals surface area contributed by atoms with Gasteiger partial charge in [0, 0.05) is 12.1 Å². The van der Waals surface area contributed by atoms with Gasteiger partial charge in [0.15, 0.2) is 0 Å². The van der Waals surface area contributed by atoms with Gasteiger partial charge in [-0.3, -0.25) is 5.01 Å². The topological polar surface area (TPSA) is 52.9 Å². The number of rotatable bonds is 2. The number of carboxylic acids is 1. The molecule has 0 spiro atoms. The zero-order valence-electron chi connectivity index (χ0n) is 7.64. The highest BCUT2D eigenvalue weighted by Crippen LogP contribution is 2.33. The molecular weight excluding hydrogens is 168 g/mol. The summed E-state index contributed by atoms with van der Waals surface area (Å²) in [6.45, 7) is 3.34. The molecule has 70 valence electrons. The molecule has 1 aliphatic carbocycles. The normalized spacial score (nSPS) is 30.2. The second kappa shape index (κ2) is 2.34. The number of carbonyl (C=O) groups is 1. The van der Waals surface area contributed by atoms with Crippen LogP contribution in [-0.4, -0.2) is 33.9 Å². The van der Waals surface area contributed by atoms with Crippen LogP contribution in [-0.2, 0) is 4.79 Å². The fourth-order valence-corrected chi connectivity index (χ4v) is 1.56. The van der Waals surface area contributed by atoms with Crippen molar-refractivity contribution in [1.29, 1.82) is 0 Å². The van der Waals surface area contributed by atoms with E-state index in [9.17, 15) is 4.79 Å². The minimum absolute atomic E-state index is 0.158. The van der Waals surface area contributed by atoms with Crippen molar-refractivity contribution in [2.75, 3.05) is 0 Å². The molecule has 0 saturated heterocycles. The number of carboxylic acid groups (broad SMARTS) is 1. The van der Waals surface area contributed by atoms with Crippen molar-refractivity contribution in [3.8, 4) is 0 Å². The van der Waals surface area contributed by atoms with Gasteiger partial charge in [-0.2, -0.15) is 5.10 Å². The van der Waals surface area contributed by atoms with Gasteiger partial charge in [-0.15, -0.1) is 0 Å². The molecule has 1 N–H and O–H groups in total. The van der Waals surface area contributed by atoms with Gasteiger partial charge in [-0.25, -0.2) is 4.79 Å². The standard InChI is InChI=1S/C9H12N2O2/c1-9(2,8(12)13)11-7-4-3-6(7)5-10-11/h3-7H,1-2H3,(H,12,13). The molecule has 0 aromatic heterocycles. The van der Waals surface area contributed by atoms with Gasteiger partial charge in [0.2, 0.25) is 0 Å². The predicted molar refractivity (Wildman–Crippen MR) is 48.5 cm³/mol. The number of fused-ring (bicyclic) bond motifs is 1. The Morgan fingerprint density at radius 2 is 2.23 bits per heavy atom. The highest BCUT2D eigenvalue weighted by atomic mass is 16.4. The monoisotopic (exact) mass is 180 g/mol. The Bertz CT molecular complexity index is 307. The summed E-state index contributed by atoms with van der Waals surface area (Å²) in [4.78, 5) is 10.9. The third-order valence-electron chi connectivity index (χ3n) is 2.67. The zero-order valence-corrected chi connectivity index (χ0v) is 7.64. The lowest BCUT2D eigenvalue weighted by Crippen LogP contribution is -2.52. The Hall–Kier alpha value is -1.32. The van der Waals surface area contributed by atoms with E-state index in [1.165, 1.54) is 0 Å². The van der Waals surface area contributed by atoms with Crippen LogP contribution in [0.25, 0.3) is 0 Å². The van der Waals surface area contributed by atoms with Gasteiger partial charge >= 0.3 is 5.97 Å². The van der Waals surface area contributed by atoms with Crippen molar-refractivity contribution < 1.29 is 9.90 Å².